The Morgan fingerprint density at radius 1 is 1.50 bits per heavy atom. The van der Waals surface area contributed by atoms with Crippen LogP contribution in [0.25, 0.3) is 0 Å². The van der Waals surface area contributed by atoms with Gasteiger partial charge in [-0.2, -0.15) is 11.8 Å². The molecule has 0 saturated heterocycles. The van der Waals surface area contributed by atoms with Gasteiger partial charge in [0.25, 0.3) is 0 Å². The first-order chi connectivity index (χ1) is 8.52. The van der Waals surface area contributed by atoms with Crippen LogP contribution in [0, 0.1) is 0 Å². The fraction of sp³-hybridized carbons (Fsp3) is 0.636. The van der Waals surface area contributed by atoms with Crippen LogP contribution in [0.5, 0.6) is 0 Å². The van der Waals surface area contributed by atoms with Crippen LogP contribution >= 0.6 is 11.8 Å². The fourth-order valence-corrected chi connectivity index (χ4v) is 3.21. The molecular weight excluding hydrogens is 270 g/mol. The Labute approximate surface area is 113 Å². The lowest BCUT2D eigenvalue weighted by molar-refractivity contribution is 0.489. The molecule has 0 amide bonds. The average Bonchev–Trinajstić information content (AvgIpc) is 2.82. The Bertz CT molecular complexity index is 457. The number of hydrogen-bond donors (Lipinski definition) is 2. The summed E-state index contributed by atoms with van der Waals surface area (Å²) in [6, 6.07) is 1.69. The monoisotopic (exact) mass is 291 g/mol. The number of hydrogen-bond acceptors (Lipinski definition) is 4. The second-order valence-corrected chi connectivity index (χ2v) is 6.99. The third-order valence-corrected chi connectivity index (χ3v) is 5.03. The van der Waals surface area contributed by atoms with Crippen LogP contribution in [0.1, 0.15) is 12.6 Å². The van der Waals surface area contributed by atoms with E-state index in [9.17, 15) is 8.42 Å². The molecule has 1 rings (SSSR count). The van der Waals surface area contributed by atoms with E-state index in [1.54, 1.807) is 31.1 Å². The van der Waals surface area contributed by atoms with Gasteiger partial charge in [0.05, 0.1) is 4.90 Å². The van der Waals surface area contributed by atoms with E-state index in [2.05, 4.69) is 10.3 Å². The minimum absolute atomic E-state index is 0.332. The van der Waals surface area contributed by atoms with Crippen molar-refractivity contribution in [1.29, 1.82) is 0 Å². The van der Waals surface area contributed by atoms with Crippen LogP contribution in [0.2, 0.25) is 0 Å². The molecule has 0 atom stereocenters. The Kier molecular flexibility index (Phi) is 6.20. The molecule has 2 N–H and O–H groups in total. The number of nitrogens with zero attached hydrogens (tertiary/aromatic N) is 1. The minimum Gasteiger partial charge on any atom is -0.363 e. The predicted molar refractivity (Wildman–Crippen MR) is 76.4 cm³/mol. The second kappa shape index (κ2) is 7.18. The SMILES string of the molecule is CCNCc1cc(S(=O)(=O)N(C)CCSC)c[nH]1. The molecule has 0 radical (unpaired) electrons. The standard InChI is InChI=1S/C11H21N3O2S2/c1-4-12-8-10-7-11(9-13-10)18(15,16)14(2)5-6-17-3/h7,9,12-13H,4-6,8H2,1-3H3. The Morgan fingerprint density at radius 3 is 2.83 bits per heavy atom. The Balaban J connectivity index is 2.75. The fourth-order valence-electron chi connectivity index (χ4n) is 1.45. The predicted octanol–water partition coefficient (Wildman–Crippen LogP) is 1.11. The zero-order valence-electron chi connectivity index (χ0n) is 11.1. The van der Waals surface area contributed by atoms with Crippen LogP contribution in [0.3, 0.4) is 0 Å². The molecule has 1 aromatic heterocycles. The smallest absolute Gasteiger partial charge is 0.244 e. The lowest BCUT2D eigenvalue weighted by atomic mass is 10.4. The maximum absolute atomic E-state index is 12.2. The first kappa shape index (κ1) is 15.6. The minimum atomic E-state index is -3.35. The highest BCUT2D eigenvalue weighted by Gasteiger charge is 2.21. The summed E-state index contributed by atoms with van der Waals surface area (Å²) in [6.07, 6.45) is 3.52. The molecule has 0 aliphatic carbocycles. The third kappa shape index (κ3) is 4.01. The Hall–Kier alpha value is -0.500. The van der Waals surface area contributed by atoms with Gasteiger partial charge in [0, 0.05) is 37.8 Å². The van der Waals surface area contributed by atoms with E-state index in [-0.39, 0.29) is 0 Å². The van der Waals surface area contributed by atoms with Crippen LogP contribution in [0.4, 0.5) is 0 Å². The van der Waals surface area contributed by atoms with E-state index in [1.165, 1.54) is 4.31 Å². The van der Waals surface area contributed by atoms with E-state index < -0.39 is 10.0 Å². The van der Waals surface area contributed by atoms with Gasteiger partial charge < -0.3 is 10.3 Å². The summed E-state index contributed by atoms with van der Waals surface area (Å²) in [4.78, 5) is 3.32. The molecule has 0 fully saturated rings. The summed E-state index contributed by atoms with van der Waals surface area (Å²) in [7, 11) is -1.74. The van der Waals surface area contributed by atoms with E-state index in [1.807, 2.05) is 13.2 Å². The number of thioether (sulfide) groups is 1. The molecule has 0 spiro atoms. The molecule has 0 unspecified atom stereocenters. The molecule has 0 aromatic carbocycles. The van der Waals surface area contributed by atoms with Gasteiger partial charge in [0.1, 0.15) is 0 Å². The van der Waals surface area contributed by atoms with Gasteiger partial charge >= 0.3 is 0 Å². The molecule has 1 aromatic rings. The van der Waals surface area contributed by atoms with Crippen molar-refractivity contribution in [2.24, 2.45) is 0 Å². The van der Waals surface area contributed by atoms with Crippen LogP contribution in [-0.2, 0) is 16.6 Å². The molecule has 1 heterocycles. The molecule has 7 heteroatoms. The summed E-state index contributed by atoms with van der Waals surface area (Å²) in [5, 5.41) is 3.15. The molecule has 0 aliphatic rings. The number of H-pyrrole nitrogens is 1. The van der Waals surface area contributed by atoms with Gasteiger partial charge in [-0.3, -0.25) is 0 Å². The van der Waals surface area contributed by atoms with Crippen LogP contribution in [-0.4, -0.2) is 49.9 Å². The maximum Gasteiger partial charge on any atom is 0.244 e. The van der Waals surface area contributed by atoms with Gasteiger partial charge in [-0.05, 0) is 18.9 Å². The molecule has 0 bridgehead atoms. The quantitative estimate of drug-likeness (QED) is 0.753. The summed E-state index contributed by atoms with van der Waals surface area (Å²) in [6.45, 7) is 4.04. The molecule has 5 nitrogen and oxygen atoms in total. The zero-order valence-corrected chi connectivity index (χ0v) is 12.7. The van der Waals surface area contributed by atoms with Crippen molar-refractivity contribution >= 4 is 21.8 Å². The number of nitrogens with one attached hydrogen (secondary N) is 2. The highest BCUT2D eigenvalue weighted by atomic mass is 32.2. The van der Waals surface area contributed by atoms with E-state index >= 15 is 0 Å². The second-order valence-electron chi connectivity index (χ2n) is 3.96. The van der Waals surface area contributed by atoms with Crippen LogP contribution < -0.4 is 5.32 Å². The first-order valence-corrected chi connectivity index (χ1v) is 8.69. The van der Waals surface area contributed by atoms with Gasteiger partial charge in [-0.15, -0.1) is 0 Å². The normalized spacial score (nSPS) is 12.2. The van der Waals surface area contributed by atoms with Crippen molar-refractivity contribution in [3.8, 4) is 0 Å². The Morgan fingerprint density at radius 2 is 2.22 bits per heavy atom. The lowest BCUT2D eigenvalue weighted by Crippen LogP contribution is -2.28. The number of sulfonamides is 1. The van der Waals surface area contributed by atoms with Gasteiger partial charge in [-0.25, -0.2) is 12.7 Å². The molecule has 0 saturated carbocycles. The maximum atomic E-state index is 12.2. The summed E-state index contributed by atoms with van der Waals surface area (Å²) in [5.41, 5.74) is 0.883. The van der Waals surface area contributed by atoms with Crippen molar-refractivity contribution in [1.82, 2.24) is 14.6 Å². The third-order valence-electron chi connectivity index (χ3n) is 2.60. The molecule has 104 valence electrons. The van der Waals surface area contributed by atoms with Gasteiger partial charge in [-0.1, -0.05) is 6.92 Å². The van der Waals surface area contributed by atoms with Gasteiger partial charge in [0.2, 0.25) is 10.0 Å². The first-order valence-electron chi connectivity index (χ1n) is 5.85. The highest BCUT2D eigenvalue weighted by molar-refractivity contribution is 7.98. The van der Waals surface area contributed by atoms with E-state index in [0.29, 0.717) is 18.0 Å². The van der Waals surface area contributed by atoms with Crippen LogP contribution in [0.15, 0.2) is 17.2 Å². The van der Waals surface area contributed by atoms with E-state index in [0.717, 1.165) is 18.0 Å². The molecule has 18 heavy (non-hydrogen) atoms. The largest absolute Gasteiger partial charge is 0.363 e. The zero-order chi connectivity index (χ0) is 13.6. The number of rotatable bonds is 8. The highest BCUT2D eigenvalue weighted by Crippen LogP contribution is 2.15. The van der Waals surface area contributed by atoms with Crippen molar-refractivity contribution in [3.63, 3.8) is 0 Å². The van der Waals surface area contributed by atoms with Crippen molar-refractivity contribution in [2.75, 3.05) is 32.1 Å². The van der Waals surface area contributed by atoms with Crippen molar-refractivity contribution in [3.05, 3.63) is 18.0 Å². The summed E-state index contributed by atoms with van der Waals surface area (Å²) in [5.74, 6) is 0.796. The van der Waals surface area contributed by atoms with Crippen molar-refractivity contribution < 1.29 is 8.42 Å². The van der Waals surface area contributed by atoms with Gasteiger partial charge in [0.15, 0.2) is 0 Å². The number of aromatic amines is 1. The molecular formula is C11H21N3O2S2. The summed E-state index contributed by atoms with van der Waals surface area (Å²) >= 11 is 1.63. The lowest BCUT2D eigenvalue weighted by Gasteiger charge is -2.15. The number of aromatic nitrogens is 1. The molecule has 0 aliphatic heterocycles. The van der Waals surface area contributed by atoms with Crippen molar-refractivity contribution in [2.45, 2.75) is 18.4 Å². The average molecular weight is 291 g/mol. The topological polar surface area (TPSA) is 65.2 Å². The summed E-state index contributed by atoms with van der Waals surface area (Å²) < 4.78 is 25.8. The van der Waals surface area contributed by atoms with E-state index in [4.69, 9.17) is 0 Å².